The van der Waals surface area contributed by atoms with E-state index in [-0.39, 0.29) is 11.8 Å². The lowest BCUT2D eigenvalue weighted by Gasteiger charge is -2.34. The van der Waals surface area contributed by atoms with Gasteiger partial charge in [0.05, 0.1) is 16.9 Å². The van der Waals surface area contributed by atoms with Crippen molar-refractivity contribution < 1.29 is 14.0 Å². The van der Waals surface area contributed by atoms with Crippen LogP contribution in [-0.4, -0.2) is 39.1 Å². The SMILES string of the molecule is Cc1cc(C)n(-c2ccc(NC(=O)[C@H]3CCCCN3C(=O)c3cc(C)oc3C)cc2)n1. The lowest BCUT2D eigenvalue weighted by Crippen LogP contribution is -2.50. The molecule has 1 saturated heterocycles. The van der Waals surface area contributed by atoms with Crippen LogP contribution < -0.4 is 5.32 Å². The van der Waals surface area contributed by atoms with Crippen LogP contribution in [0.4, 0.5) is 5.69 Å². The number of piperidine rings is 1. The fraction of sp³-hybridized carbons (Fsp3) is 0.375. The zero-order valence-corrected chi connectivity index (χ0v) is 18.4. The first kappa shape index (κ1) is 20.9. The monoisotopic (exact) mass is 420 g/mol. The quantitative estimate of drug-likeness (QED) is 0.681. The second kappa shape index (κ2) is 8.41. The van der Waals surface area contributed by atoms with Crippen molar-refractivity contribution in [3.05, 3.63) is 64.9 Å². The molecule has 3 heterocycles. The summed E-state index contributed by atoms with van der Waals surface area (Å²) in [4.78, 5) is 27.9. The molecule has 0 saturated carbocycles. The first-order valence-corrected chi connectivity index (χ1v) is 10.7. The van der Waals surface area contributed by atoms with Gasteiger partial charge in [0, 0.05) is 17.9 Å². The van der Waals surface area contributed by atoms with Crippen molar-refractivity contribution >= 4 is 17.5 Å². The number of carbonyl (C=O) groups excluding carboxylic acids is 2. The summed E-state index contributed by atoms with van der Waals surface area (Å²) in [6.07, 6.45) is 2.46. The number of amides is 2. The molecule has 2 amide bonds. The van der Waals surface area contributed by atoms with Crippen LogP contribution in [0.15, 0.2) is 40.8 Å². The van der Waals surface area contributed by atoms with E-state index in [0.29, 0.717) is 35.7 Å². The molecule has 1 aromatic carbocycles. The van der Waals surface area contributed by atoms with Crippen molar-refractivity contribution in [2.24, 2.45) is 0 Å². The van der Waals surface area contributed by atoms with E-state index in [2.05, 4.69) is 10.4 Å². The Bertz CT molecular complexity index is 1110. The minimum Gasteiger partial charge on any atom is -0.466 e. The summed E-state index contributed by atoms with van der Waals surface area (Å²) in [5.41, 5.74) is 4.18. The summed E-state index contributed by atoms with van der Waals surface area (Å²) in [7, 11) is 0. The summed E-state index contributed by atoms with van der Waals surface area (Å²) in [5.74, 6) is 0.979. The normalized spacial score (nSPS) is 16.4. The van der Waals surface area contributed by atoms with E-state index >= 15 is 0 Å². The van der Waals surface area contributed by atoms with E-state index in [1.54, 1.807) is 17.9 Å². The Hall–Kier alpha value is -3.35. The van der Waals surface area contributed by atoms with E-state index in [1.807, 2.05) is 55.8 Å². The Balaban J connectivity index is 1.49. The number of rotatable bonds is 4. The average molecular weight is 421 g/mol. The second-order valence-corrected chi connectivity index (χ2v) is 8.21. The molecule has 1 aliphatic rings. The van der Waals surface area contributed by atoms with Crippen LogP contribution in [0.25, 0.3) is 5.69 Å². The molecular formula is C24H28N4O3. The van der Waals surface area contributed by atoms with E-state index in [0.717, 1.165) is 29.9 Å². The highest BCUT2D eigenvalue weighted by Gasteiger charge is 2.34. The van der Waals surface area contributed by atoms with Gasteiger partial charge in [-0.3, -0.25) is 9.59 Å². The molecule has 162 valence electrons. The summed E-state index contributed by atoms with van der Waals surface area (Å²) in [6.45, 7) is 8.14. The molecule has 0 bridgehead atoms. The van der Waals surface area contributed by atoms with Gasteiger partial charge < -0.3 is 14.6 Å². The topological polar surface area (TPSA) is 80.4 Å². The van der Waals surface area contributed by atoms with Gasteiger partial charge in [0.2, 0.25) is 5.91 Å². The highest BCUT2D eigenvalue weighted by molar-refractivity contribution is 6.01. The highest BCUT2D eigenvalue weighted by atomic mass is 16.3. The third kappa shape index (κ3) is 4.26. The Morgan fingerprint density at radius 1 is 1.06 bits per heavy atom. The molecule has 1 atom stereocenters. The number of furan rings is 1. The van der Waals surface area contributed by atoms with E-state index in [1.165, 1.54) is 0 Å². The summed E-state index contributed by atoms with van der Waals surface area (Å²) < 4.78 is 7.39. The first-order chi connectivity index (χ1) is 14.8. The van der Waals surface area contributed by atoms with Gasteiger partial charge in [-0.05, 0) is 83.4 Å². The predicted molar refractivity (Wildman–Crippen MR) is 119 cm³/mol. The smallest absolute Gasteiger partial charge is 0.258 e. The van der Waals surface area contributed by atoms with Crippen molar-refractivity contribution in [3.8, 4) is 5.69 Å². The van der Waals surface area contributed by atoms with Crippen LogP contribution in [0, 0.1) is 27.7 Å². The van der Waals surface area contributed by atoms with Gasteiger partial charge in [0.1, 0.15) is 17.6 Å². The highest BCUT2D eigenvalue weighted by Crippen LogP contribution is 2.24. The van der Waals surface area contributed by atoms with Crippen LogP contribution in [0.5, 0.6) is 0 Å². The molecule has 0 spiro atoms. The lowest BCUT2D eigenvalue weighted by molar-refractivity contribution is -0.121. The number of nitrogens with zero attached hydrogens (tertiary/aromatic N) is 3. The summed E-state index contributed by atoms with van der Waals surface area (Å²) in [5, 5.41) is 7.47. The standard InChI is InChI=1S/C24H28N4O3/c1-15-13-16(2)28(26-15)20-10-8-19(9-11-20)25-23(29)22-7-5-6-12-27(22)24(30)21-14-17(3)31-18(21)4/h8-11,13-14,22H,5-7,12H2,1-4H3,(H,25,29)/t22-/m1/s1. The number of hydrogen-bond donors (Lipinski definition) is 1. The maximum Gasteiger partial charge on any atom is 0.258 e. The van der Waals surface area contributed by atoms with Crippen molar-refractivity contribution in [2.45, 2.75) is 53.0 Å². The maximum absolute atomic E-state index is 13.1. The van der Waals surface area contributed by atoms with Crippen molar-refractivity contribution in [2.75, 3.05) is 11.9 Å². The molecular weight excluding hydrogens is 392 g/mol. The van der Waals surface area contributed by atoms with E-state index in [9.17, 15) is 9.59 Å². The zero-order chi connectivity index (χ0) is 22.1. The Morgan fingerprint density at radius 3 is 2.42 bits per heavy atom. The molecule has 0 radical (unpaired) electrons. The largest absolute Gasteiger partial charge is 0.466 e. The van der Waals surface area contributed by atoms with Gasteiger partial charge in [-0.25, -0.2) is 4.68 Å². The Kier molecular flexibility index (Phi) is 5.67. The van der Waals surface area contributed by atoms with E-state index in [4.69, 9.17) is 4.42 Å². The van der Waals surface area contributed by atoms with Crippen LogP contribution in [0.3, 0.4) is 0 Å². The number of anilines is 1. The van der Waals surface area contributed by atoms with Crippen LogP contribution in [0.2, 0.25) is 0 Å². The first-order valence-electron chi connectivity index (χ1n) is 10.7. The average Bonchev–Trinajstić information content (AvgIpc) is 3.27. The number of carbonyl (C=O) groups is 2. The molecule has 3 aromatic rings. The van der Waals surface area contributed by atoms with Crippen molar-refractivity contribution in [3.63, 3.8) is 0 Å². The van der Waals surface area contributed by atoms with Crippen molar-refractivity contribution in [1.29, 1.82) is 0 Å². The molecule has 1 aliphatic heterocycles. The minimum atomic E-state index is -0.494. The lowest BCUT2D eigenvalue weighted by atomic mass is 10.00. The summed E-state index contributed by atoms with van der Waals surface area (Å²) >= 11 is 0. The van der Waals surface area contributed by atoms with E-state index < -0.39 is 6.04 Å². The fourth-order valence-corrected chi connectivity index (χ4v) is 4.25. The van der Waals surface area contributed by atoms with Gasteiger partial charge in [0.25, 0.3) is 5.91 Å². The molecule has 7 heteroatoms. The molecule has 1 fully saturated rings. The molecule has 1 N–H and O–H groups in total. The van der Waals surface area contributed by atoms with Crippen LogP contribution in [0.1, 0.15) is 52.5 Å². The molecule has 7 nitrogen and oxygen atoms in total. The maximum atomic E-state index is 13.1. The second-order valence-electron chi connectivity index (χ2n) is 8.21. The number of nitrogens with one attached hydrogen (secondary N) is 1. The van der Waals surface area contributed by atoms with Crippen LogP contribution >= 0.6 is 0 Å². The molecule has 2 aromatic heterocycles. The third-order valence-corrected chi connectivity index (χ3v) is 5.73. The molecule has 0 unspecified atom stereocenters. The van der Waals surface area contributed by atoms with Gasteiger partial charge in [-0.2, -0.15) is 5.10 Å². The van der Waals surface area contributed by atoms with Gasteiger partial charge in [-0.15, -0.1) is 0 Å². The third-order valence-electron chi connectivity index (χ3n) is 5.73. The van der Waals surface area contributed by atoms with Gasteiger partial charge >= 0.3 is 0 Å². The molecule has 0 aliphatic carbocycles. The van der Waals surface area contributed by atoms with Gasteiger partial charge in [0.15, 0.2) is 0 Å². The Morgan fingerprint density at radius 2 is 1.81 bits per heavy atom. The number of aryl methyl sites for hydroxylation is 4. The number of hydrogen-bond acceptors (Lipinski definition) is 4. The zero-order valence-electron chi connectivity index (χ0n) is 18.4. The summed E-state index contributed by atoms with van der Waals surface area (Å²) in [6, 6.07) is 10.9. The number of benzene rings is 1. The predicted octanol–water partition coefficient (Wildman–Crippen LogP) is 4.33. The minimum absolute atomic E-state index is 0.144. The fourth-order valence-electron chi connectivity index (χ4n) is 4.25. The van der Waals surface area contributed by atoms with Crippen LogP contribution in [-0.2, 0) is 4.79 Å². The molecule has 4 rings (SSSR count). The van der Waals surface area contributed by atoms with Gasteiger partial charge in [-0.1, -0.05) is 0 Å². The van der Waals surface area contributed by atoms with Crippen molar-refractivity contribution in [1.82, 2.24) is 14.7 Å². The Labute approximate surface area is 182 Å². The number of likely N-dealkylation sites (tertiary alicyclic amines) is 1. The number of aromatic nitrogens is 2. The molecule has 31 heavy (non-hydrogen) atoms.